The van der Waals surface area contributed by atoms with E-state index in [4.69, 9.17) is 0 Å². The standard InChI is InChI=1S/C12H23N3O2/c1-9(2)13-12(17)14-11(16)8-15-6-4-10(3)5-7-15/h9-10H,4-8H2,1-3H3,(H2,13,14,16,17)/p+1. The lowest BCUT2D eigenvalue weighted by Crippen LogP contribution is -3.14. The van der Waals surface area contributed by atoms with E-state index in [2.05, 4.69) is 17.6 Å². The van der Waals surface area contributed by atoms with Gasteiger partial charge in [0.1, 0.15) is 0 Å². The van der Waals surface area contributed by atoms with Crippen LogP contribution in [0.5, 0.6) is 0 Å². The average Bonchev–Trinajstić information content (AvgIpc) is 2.19. The number of piperidine rings is 1. The molecule has 3 N–H and O–H groups in total. The molecule has 5 heteroatoms. The molecular formula is C12H24N3O2+. The van der Waals surface area contributed by atoms with Crippen LogP contribution in [0.1, 0.15) is 33.6 Å². The summed E-state index contributed by atoms with van der Waals surface area (Å²) in [5, 5.41) is 5.00. The average molecular weight is 242 g/mol. The fourth-order valence-corrected chi connectivity index (χ4v) is 2.04. The minimum Gasteiger partial charge on any atom is -0.336 e. The van der Waals surface area contributed by atoms with Crippen molar-refractivity contribution >= 4 is 11.9 Å². The van der Waals surface area contributed by atoms with E-state index in [0.29, 0.717) is 6.54 Å². The number of rotatable bonds is 3. The molecule has 0 aromatic heterocycles. The zero-order valence-electron chi connectivity index (χ0n) is 11.0. The first-order valence-corrected chi connectivity index (χ1v) is 6.41. The highest BCUT2D eigenvalue weighted by Gasteiger charge is 2.22. The predicted octanol–water partition coefficient (Wildman–Crippen LogP) is -0.465. The second kappa shape index (κ2) is 6.59. The van der Waals surface area contributed by atoms with E-state index in [1.807, 2.05) is 13.8 Å². The Morgan fingerprint density at radius 3 is 2.41 bits per heavy atom. The third-order valence-corrected chi connectivity index (χ3v) is 3.06. The number of carbonyl (C=O) groups excluding carboxylic acids is 2. The van der Waals surface area contributed by atoms with Gasteiger partial charge in [-0.05, 0) is 32.6 Å². The Morgan fingerprint density at radius 2 is 1.88 bits per heavy atom. The molecule has 1 saturated heterocycles. The van der Waals surface area contributed by atoms with Gasteiger partial charge in [-0.25, -0.2) is 4.79 Å². The summed E-state index contributed by atoms with van der Waals surface area (Å²) < 4.78 is 0. The van der Waals surface area contributed by atoms with Gasteiger partial charge in [0.25, 0.3) is 5.91 Å². The highest BCUT2D eigenvalue weighted by molar-refractivity contribution is 5.94. The van der Waals surface area contributed by atoms with Crippen LogP contribution in [0.3, 0.4) is 0 Å². The van der Waals surface area contributed by atoms with Gasteiger partial charge < -0.3 is 10.2 Å². The van der Waals surface area contributed by atoms with E-state index < -0.39 is 6.03 Å². The third kappa shape index (κ3) is 5.68. The molecule has 0 unspecified atom stereocenters. The molecule has 0 saturated carbocycles. The minimum atomic E-state index is -0.394. The zero-order chi connectivity index (χ0) is 12.8. The molecule has 0 aromatic carbocycles. The van der Waals surface area contributed by atoms with Crippen LogP contribution in [0.4, 0.5) is 4.79 Å². The first kappa shape index (κ1) is 14.0. The number of imide groups is 1. The van der Waals surface area contributed by atoms with Crippen molar-refractivity contribution in [3.05, 3.63) is 0 Å². The highest BCUT2D eigenvalue weighted by atomic mass is 16.2. The largest absolute Gasteiger partial charge is 0.336 e. The molecule has 0 aromatic rings. The Hall–Kier alpha value is -1.10. The fourth-order valence-electron chi connectivity index (χ4n) is 2.04. The van der Waals surface area contributed by atoms with Crippen LogP contribution >= 0.6 is 0 Å². The molecule has 1 rings (SSSR count). The zero-order valence-corrected chi connectivity index (χ0v) is 11.0. The van der Waals surface area contributed by atoms with Crippen LogP contribution in [-0.2, 0) is 4.79 Å². The van der Waals surface area contributed by atoms with Crippen molar-refractivity contribution in [3.8, 4) is 0 Å². The van der Waals surface area contributed by atoms with Crippen LogP contribution in [-0.4, -0.2) is 37.6 Å². The van der Waals surface area contributed by atoms with Crippen molar-refractivity contribution in [2.45, 2.75) is 39.7 Å². The lowest BCUT2D eigenvalue weighted by atomic mass is 9.99. The molecule has 5 nitrogen and oxygen atoms in total. The Morgan fingerprint density at radius 1 is 1.29 bits per heavy atom. The summed E-state index contributed by atoms with van der Waals surface area (Å²) in [5.74, 6) is 0.582. The minimum absolute atomic E-state index is 0.0472. The van der Waals surface area contributed by atoms with Gasteiger partial charge in [0, 0.05) is 6.04 Å². The van der Waals surface area contributed by atoms with Gasteiger partial charge >= 0.3 is 6.03 Å². The van der Waals surface area contributed by atoms with E-state index in [0.717, 1.165) is 19.0 Å². The van der Waals surface area contributed by atoms with E-state index in [9.17, 15) is 9.59 Å². The molecular weight excluding hydrogens is 218 g/mol. The molecule has 1 aliphatic heterocycles. The van der Waals surface area contributed by atoms with Gasteiger partial charge in [0.2, 0.25) is 0 Å². The molecule has 98 valence electrons. The molecule has 3 amide bonds. The first-order valence-electron chi connectivity index (χ1n) is 6.41. The van der Waals surface area contributed by atoms with Crippen molar-refractivity contribution in [1.82, 2.24) is 10.6 Å². The Bertz CT molecular complexity index is 271. The van der Waals surface area contributed by atoms with E-state index >= 15 is 0 Å². The van der Waals surface area contributed by atoms with Crippen LogP contribution in [0.15, 0.2) is 0 Å². The molecule has 0 aliphatic carbocycles. The molecule has 17 heavy (non-hydrogen) atoms. The molecule has 0 spiro atoms. The molecule has 0 bridgehead atoms. The monoisotopic (exact) mass is 242 g/mol. The van der Waals surface area contributed by atoms with E-state index in [1.165, 1.54) is 17.7 Å². The van der Waals surface area contributed by atoms with Crippen LogP contribution in [0.25, 0.3) is 0 Å². The summed E-state index contributed by atoms with van der Waals surface area (Å²) in [4.78, 5) is 24.2. The topological polar surface area (TPSA) is 62.6 Å². The first-order chi connectivity index (χ1) is 7.97. The quantitative estimate of drug-likeness (QED) is 0.627. The summed E-state index contributed by atoms with van der Waals surface area (Å²) in [5.41, 5.74) is 0. The summed E-state index contributed by atoms with van der Waals surface area (Å²) in [6.07, 6.45) is 2.33. The maximum atomic E-state index is 11.6. The SMILES string of the molecule is CC1CC[NH+](CC(=O)NC(=O)NC(C)C)CC1. The number of urea groups is 1. The van der Waals surface area contributed by atoms with Crippen molar-refractivity contribution < 1.29 is 14.5 Å². The number of hydrogen-bond donors (Lipinski definition) is 3. The summed E-state index contributed by atoms with van der Waals surface area (Å²) >= 11 is 0. The van der Waals surface area contributed by atoms with Crippen LogP contribution < -0.4 is 15.5 Å². The Labute approximate surface area is 103 Å². The number of amides is 3. The molecule has 0 radical (unpaired) electrons. The fraction of sp³-hybridized carbons (Fsp3) is 0.833. The van der Waals surface area contributed by atoms with Gasteiger partial charge in [-0.2, -0.15) is 0 Å². The van der Waals surface area contributed by atoms with Gasteiger partial charge in [0.05, 0.1) is 13.1 Å². The highest BCUT2D eigenvalue weighted by Crippen LogP contribution is 2.06. The van der Waals surface area contributed by atoms with Crippen LogP contribution in [0.2, 0.25) is 0 Å². The predicted molar refractivity (Wildman–Crippen MR) is 65.8 cm³/mol. The Balaban J connectivity index is 2.23. The van der Waals surface area contributed by atoms with E-state index in [1.54, 1.807) is 0 Å². The molecule has 0 atom stereocenters. The summed E-state index contributed by atoms with van der Waals surface area (Å²) in [6.45, 7) is 8.43. The molecule has 1 fully saturated rings. The summed E-state index contributed by atoms with van der Waals surface area (Å²) in [7, 11) is 0. The smallest absolute Gasteiger partial charge is 0.321 e. The summed E-state index contributed by atoms with van der Waals surface area (Å²) in [6, 6.07) is -0.347. The second-order valence-corrected chi connectivity index (χ2v) is 5.29. The number of carbonyl (C=O) groups is 2. The number of hydrogen-bond acceptors (Lipinski definition) is 2. The van der Waals surface area contributed by atoms with Crippen molar-refractivity contribution in [2.75, 3.05) is 19.6 Å². The van der Waals surface area contributed by atoms with Crippen LogP contribution in [0, 0.1) is 5.92 Å². The van der Waals surface area contributed by atoms with Gasteiger partial charge in [-0.1, -0.05) is 6.92 Å². The van der Waals surface area contributed by atoms with E-state index in [-0.39, 0.29) is 11.9 Å². The van der Waals surface area contributed by atoms with Gasteiger partial charge in [-0.3, -0.25) is 10.1 Å². The number of quaternary nitrogens is 1. The number of likely N-dealkylation sites (tertiary alicyclic amines) is 1. The maximum absolute atomic E-state index is 11.6. The number of nitrogens with one attached hydrogen (secondary N) is 3. The van der Waals surface area contributed by atoms with Gasteiger partial charge in [-0.15, -0.1) is 0 Å². The lowest BCUT2D eigenvalue weighted by molar-refractivity contribution is -0.898. The normalized spacial score (nSPS) is 24.5. The maximum Gasteiger partial charge on any atom is 0.321 e. The van der Waals surface area contributed by atoms with Crippen molar-refractivity contribution in [1.29, 1.82) is 0 Å². The third-order valence-electron chi connectivity index (χ3n) is 3.06. The van der Waals surface area contributed by atoms with Crippen molar-refractivity contribution in [3.63, 3.8) is 0 Å². The Kier molecular flexibility index (Phi) is 5.41. The molecule has 1 heterocycles. The van der Waals surface area contributed by atoms with Gasteiger partial charge in [0.15, 0.2) is 6.54 Å². The van der Waals surface area contributed by atoms with Crippen molar-refractivity contribution in [2.24, 2.45) is 5.92 Å². The second-order valence-electron chi connectivity index (χ2n) is 5.29. The lowest BCUT2D eigenvalue weighted by Gasteiger charge is -2.26. The molecule has 1 aliphatic rings.